The summed E-state index contributed by atoms with van der Waals surface area (Å²) in [5.41, 5.74) is 2.03. The fourth-order valence-electron chi connectivity index (χ4n) is 6.83. The van der Waals surface area contributed by atoms with Gasteiger partial charge in [-0.25, -0.2) is 0 Å². The number of methoxy groups -OCH3 is 2. The molecule has 6 rings (SSSR count). The molecule has 3 aromatic rings. The number of amides is 6. The Bertz CT molecular complexity index is 1950. The number of carbonyl (C=O) groups is 6. The SMILES string of the molecule is COc1ccc(CC2C(=O)NC(C)C(=O)N(C)C3Cc4ccc(cc4)Oc4cc(ccc4OC)CC(C(=O)NC(C)C(=O)NC(C)C(=O)N2C)N(C)C3=O)cc1. The van der Waals surface area contributed by atoms with Crippen molar-refractivity contribution in [3.8, 4) is 23.0 Å². The van der Waals surface area contributed by atoms with Crippen molar-refractivity contribution in [3.63, 3.8) is 0 Å². The van der Waals surface area contributed by atoms with Crippen molar-refractivity contribution in [2.75, 3.05) is 35.4 Å². The summed E-state index contributed by atoms with van der Waals surface area (Å²) in [6.07, 6.45) is 0.139. The molecule has 0 aliphatic carbocycles. The molecule has 6 amide bonds. The molecule has 0 saturated carbocycles. The maximum atomic E-state index is 14.7. The third kappa shape index (κ3) is 9.21. The molecule has 3 aromatic carbocycles. The van der Waals surface area contributed by atoms with Crippen molar-refractivity contribution in [1.82, 2.24) is 30.7 Å². The zero-order chi connectivity index (χ0) is 40.8. The Balaban J connectivity index is 1.57. The summed E-state index contributed by atoms with van der Waals surface area (Å²) in [7, 11) is 7.45. The molecule has 6 atom stereocenters. The van der Waals surface area contributed by atoms with Crippen LogP contribution in [0.2, 0.25) is 0 Å². The highest BCUT2D eigenvalue weighted by Gasteiger charge is 2.39. The minimum atomic E-state index is -1.16. The van der Waals surface area contributed by atoms with Crippen molar-refractivity contribution < 1.29 is 43.0 Å². The second-order valence-electron chi connectivity index (χ2n) is 14.3. The zero-order valence-electron chi connectivity index (χ0n) is 33.0. The summed E-state index contributed by atoms with van der Waals surface area (Å²) in [4.78, 5) is 88.2. The summed E-state index contributed by atoms with van der Waals surface area (Å²) in [6.45, 7) is 4.46. The van der Waals surface area contributed by atoms with Crippen LogP contribution in [0.5, 0.6) is 23.0 Å². The minimum Gasteiger partial charge on any atom is -0.497 e. The van der Waals surface area contributed by atoms with Crippen molar-refractivity contribution in [1.29, 1.82) is 0 Å². The Kier molecular flexibility index (Phi) is 12.9. The van der Waals surface area contributed by atoms with Gasteiger partial charge in [0.1, 0.15) is 47.8 Å². The molecule has 56 heavy (non-hydrogen) atoms. The molecule has 6 bridgehead atoms. The maximum Gasteiger partial charge on any atom is 0.246 e. The average Bonchev–Trinajstić information content (AvgIpc) is 3.19. The Morgan fingerprint density at radius 3 is 1.79 bits per heavy atom. The number of benzene rings is 3. The van der Waals surface area contributed by atoms with E-state index in [1.54, 1.807) is 66.7 Å². The van der Waals surface area contributed by atoms with Crippen LogP contribution in [0.4, 0.5) is 0 Å². The summed E-state index contributed by atoms with van der Waals surface area (Å²) in [6, 6.07) is 12.5. The van der Waals surface area contributed by atoms with Gasteiger partial charge in [-0.3, -0.25) is 28.8 Å². The van der Waals surface area contributed by atoms with Crippen molar-refractivity contribution >= 4 is 35.4 Å². The number of ether oxygens (including phenoxy) is 3. The number of nitrogens with zero attached hydrogens (tertiary/aromatic N) is 3. The van der Waals surface area contributed by atoms with E-state index < -0.39 is 71.7 Å². The molecule has 3 aliphatic heterocycles. The van der Waals surface area contributed by atoms with Crippen LogP contribution in [0.25, 0.3) is 0 Å². The summed E-state index contributed by atoms with van der Waals surface area (Å²) < 4.78 is 17.0. The third-order valence-electron chi connectivity index (χ3n) is 10.4. The number of fused-ring (bicyclic) bond motifs is 2. The van der Waals surface area contributed by atoms with Gasteiger partial charge in [0.2, 0.25) is 35.4 Å². The van der Waals surface area contributed by atoms with Gasteiger partial charge in [-0.05, 0) is 73.9 Å². The molecule has 298 valence electrons. The van der Waals surface area contributed by atoms with Crippen LogP contribution >= 0.6 is 0 Å². The fraction of sp³-hybridized carbons (Fsp3) is 0.415. The monoisotopic (exact) mass is 770 g/mol. The van der Waals surface area contributed by atoms with Crippen molar-refractivity contribution in [2.45, 2.75) is 76.3 Å². The van der Waals surface area contributed by atoms with Crippen LogP contribution in [0.15, 0.2) is 66.7 Å². The van der Waals surface area contributed by atoms with Crippen LogP contribution in [0.1, 0.15) is 37.5 Å². The first-order valence-electron chi connectivity index (χ1n) is 18.4. The van der Waals surface area contributed by atoms with E-state index in [0.29, 0.717) is 39.7 Å². The first-order valence-corrected chi connectivity index (χ1v) is 18.4. The van der Waals surface area contributed by atoms with Gasteiger partial charge < -0.3 is 44.9 Å². The lowest BCUT2D eigenvalue weighted by molar-refractivity contribution is -0.149. The number of hydrogen-bond acceptors (Lipinski definition) is 9. The van der Waals surface area contributed by atoms with E-state index in [1.165, 1.54) is 70.8 Å². The van der Waals surface area contributed by atoms with Gasteiger partial charge in [0.05, 0.1) is 14.2 Å². The van der Waals surface area contributed by atoms with Crippen LogP contribution in [0, 0.1) is 0 Å². The minimum absolute atomic E-state index is 0.00641. The molecule has 0 radical (unpaired) electrons. The zero-order valence-corrected chi connectivity index (χ0v) is 33.0. The largest absolute Gasteiger partial charge is 0.497 e. The topological polar surface area (TPSA) is 176 Å². The number of likely N-dealkylation sites (N-methyl/N-ethyl adjacent to an activating group) is 3. The molecule has 3 aliphatic rings. The maximum absolute atomic E-state index is 14.7. The molecule has 1 saturated heterocycles. The summed E-state index contributed by atoms with van der Waals surface area (Å²) in [5, 5.41) is 8.14. The highest BCUT2D eigenvalue weighted by Crippen LogP contribution is 2.34. The predicted molar refractivity (Wildman–Crippen MR) is 206 cm³/mol. The van der Waals surface area contributed by atoms with Crippen LogP contribution in [-0.4, -0.2) is 122 Å². The van der Waals surface area contributed by atoms with E-state index in [1.807, 2.05) is 0 Å². The first kappa shape index (κ1) is 41.1. The fourth-order valence-corrected chi connectivity index (χ4v) is 6.83. The lowest BCUT2D eigenvalue weighted by Crippen LogP contribution is -2.61. The van der Waals surface area contributed by atoms with Gasteiger partial charge in [0, 0.05) is 40.4 Å². The van der Waals surface area contributed by atoms with Crippen molar-refractivity contribution in [2.24, 2.45) is 0 Å². The van der Waals surface area contributed by atoms with E-state index in [4.69, 9.17) is 14.2 Å². The number of carbonyl (C=O) groups excluding carboxylic acids is 6. The summed E-state index contributed by atoms with van der Waals surface area (Å²) >= 11 is 0. The quantitative estimate of drug-likeness (QED) is 0.358. The Morgan fingerprint density at radius 1 is 0.607 bits per heavy atom. The molecule has 3 heterocycles. The van der Waals surface area contributed by atoms with Crippen LogP contribution < -0.4 is 30.2 Å². The van der Waals surface area contributed by atoms with Gasteiger partial charge >= 0.3 is 0 Å². The normalized spacial score (nSPS) is 24.3. The Hall–Kier alpha value is -6.12. The highest BCUT2D eigenvalue weighted by atomic mass is 16.5. The molecule has 15 heteroatoms. The third-order valence-corrected chi connectivity index (χ3v) is 10.4. The van der Waals surface area contributed by atoms with Gasteiger partial charge in [-0.1, -0.05) is 30.3 Å². The van der Waals surface area contributed by atoms with E-state index in [2.05, 4.69) is 16.0 Å². The Morgan fingerprint density at radius 2 is 1.16 bits per heavy atom. The van der Waals surface area contributed by atoms with Crippen LogP contribution in [0.3, 0.4) is 0 Å². The first-order chi connectivity index (χ1) is 26.6. The molecule has 3 N–H and O–H groups in total. The van der Waals surface area contributed by atoms with Gasteiger partial charge in [0.15, 0.2) is 11.5 Å². The van der Waals surface area contributed by atoms with Crippen molar-refractivity contribution in [3.05, 3.63) is 83.4 Å². The molecule has 0 spiro atoms. The smallest absolute Gasteiger partial charge is 0.246 e. The number of hydrogen-bond donors (Lipinski definition) is 3. The standard InChI is InChI=1S/C41H50N6O9/c1-23-36(48)43-24(2)39(51)45(4)31(19-26-9-14-29(54-7)15-10-26)38(50)44-25(3)40(52)47(6)33-20-27-11-16-30(17-12-27)56-35-22-28(13-18-34(35)55-8)21-32(37(49)42-23)46(5)41(33)53/h9-18,22-25,31-33H,19-21H2,1-8H3,(H,42,49)(H,43,48)(H,44,50). The lowest BCUT2D eigenvalue weighted by atomic mass is 9.98. The molecule has 6 unspecified atom stereocenters. The predicted octanol–water partition coefficient (Wildman–Crippen LogP) is 1.85. The number of rotatable bonds is 4. The number of nitrogens with one attached hydrogen (secondary N) is 3. The van der Waals surface area contributed by atoms with E-state index in [9.17, 15) is 28.8 Å². The molecule has 1 fully saturated rings. The van der Waals surface area contributed by atoms with Gasteiger partial charge in [-0.2, -0.15) is 0 Å². The lowest BCUT2D eigenvalue weighted by Gasteiger charge is -2.36. The second kappa shape index (κ2) is 17.6. The molecular formula is C41H50N6O9. The van der Waals surface area contributed by atoms with Crippen LogP contribution in [-0.2, 0) is 48.0 Å². The Labute approximate surface area is 326 Å². The average molecular weight is 771 g/mol. The van der Waals surface area contributed by atoms with Gasteiger partial charge in [-0.15, -0.1) is 0 Å². The highest BCUT2D eigenvalue weighted by molar-refractivity contribution is 5.98. The van der Waals surface area contributed by atoms with E-state index in [0.717, 1.165) is 0 Å². The summed E-state index contributed by atoms with van der Waals surface area (Å²) in [5.74, 6) is -1.63. The van der Waals surface area contributed by atoms with E-state index >= 15 is 0 Å². The molecular weight excluding hydrogens is 720 g/mol. The molecule has 15 nitrogen and oxygen atoms in total. The second-order valence-corrected chi connectivity index (χ2v) is 14.3. The molecule has 0 aromatic heterocycles. The van der Waals surface area contributed by atoms with Gasteiger partial charge in [0.25, 0.3) is 0 Å². The van der Waals surface area contributed by atoms with E-state index in [-0.39, 0.29) is 19.3 Å².